The van der Waals surface area contributed by atoms with Gasteiger partial charge in [0.05, 0.1) is 11.4 Å². The molecule has 0 spiro atoms. The lowest BCUT2D eigenvalue weighted by Gasteiger charge is -2.36. The van der Waals surface area contributed by atoms with Crippen LogP contribution >= 0.6 is 0 Å². The summed E-state index contributed by atoms with van der Waals surface area (Å²) in [6, 6.07) is 10.1. The standard InChI is InChI=1S/C14H14N2O2/c17-14(18)12-8-16(9-12)7-10-5-11-3-1-2-4-13(11)15-6-10/h1-6,12H,7-9H2,(H,17,18). The Morgan fingerprint density at radius 3 is 2.94 bits per heavy atom. The quantitative estimate of drug-likeness (QED) is 0.891. The van der Waals surface area contributed by atoms with Gasteiger partial charge in [0.1, 0.15) is 0 Å². The highest BCUT2D eigenvalue weighted by Gasteiger charge is 2.32. The highest BCUT2D eigenvalue weighted by Crippen LogP contribution is 2.20. The van der Waals surface area contributed by atoms with Gasteiger partial charge in [0, 0.05) is 31.2 Å². The van der Waals surface area contributed by atoms with Crippen molar-refractivity contribution in [3.05, 3.63) is 42.1 Å². The monoisotopic (exact) mass is 242 g/mol. The van der Waals surface area contributed by atoms with Crippen LogP contribution in [0.5, 0.6) is 0 Å². The Morgan fingerprint density at radius 1 is 1.39 bits per heavy atom. The van der Waals surface area contributed by atoms with Crippen LogP contribution in [0.25, 0.3) is 10.9 Å². The summed E-state index contributed by atoms with van der Waals surface area (Å²) in [7, 11) is 0. The van der Waals surface area contributed by atoms with E-state index in [0.29, 0.717) is 13.1 Å². The molecule has 0 saturated carbocycles. The van der Waals surface area contributed by atoms with Crippen molar-refractivity contribution in [3.63, 3.8) is 0 Å². The SMILES string of the molecule is O=C(O)C1CN(Cc2cnc3ccccc3c2)C1. The first-order valence-corrected chi connectivity index (χ1v) is 6.01. The number of carbonyl (C=O) groups is 1. The minimum atomic E-state index is -0.692. The minimum absolute atomic E-state index is 0.196. The lowest BCUT2D eigenvalue weighted by atomic mass is 10.00. The van der Waals surface area contributed by atoms with Crippen LogP contribution in [0.1, 0.15) is 5.56 Å². The Morgan fingerprint density at radius 2 is 2.17 bits per heavy atom. The van der Waals surface area contributed by atoms with Gasteiger partial charge in [0.15, 0.2) is 0 Å². The molecule has 18 heavy (non-hydrogen) atoms. The number of pyridine rings is 1. The van der Waals surface area contributed by atoms with E-state index < -0.39 is 5.97 Å². The number of hydrogen-bond acceptors (Lipinski definition) is 3. The van der Waals surface area contributed by atoms with Crippen molar-refractivity contribution in [2.75, 3.05) is 13.1 Å². The number of likely N-dealkylation sites (tertiary alicyclic amines) is 1. The zero-order valence-corrected chi connectivity index (χ0v) is 9.91. The minimum Gasteiger partial charge on any atom is -0.481 e. The van der Waals surface area contributed by atoms with Gasteiger partial charge in [-0.2, -0.15) is 0 Å². The molecule has 1 saturated heterocycles. The van der Waals surface area contributed by atoms with Crippen LogP contribution in [0.3, 0.4) is 0 Å². The third-order valence-electron chi connectivity index (χ3n) is 3.36. The van der Waals surface area contributed by atoms with Gasteiger partial charge in [0.25, 0.3) is 0 Å². The molecular weight excluding hydrogens is 228 g/mol. The number of aromatic nitrogens is 1. The zero-order valence-electron chi connectivity index (χ0n) is 9.91. The van der Waals surface area contributed by atoms with Crippen molar-refractivity contribution in [3.8, 4) is 0 Å². The van der Waals surface area contributed by atoms with Crippen molar-refractivity contribution in [2.45, 2.75) is 6.54 Å². The van der Waals surface area contributed by atoms with Gasteiger partial charge in [0.2, 0.25) is 0 Å². The Bertz CT molecular complexity index is 591. The van der Waals surface area contributed by atoms with E-state index >= 15 is 0 Å². The summed E-state index contributed by atoms with van der Waals surface area (Å²) in [5.41, 5.74) is 2.13. The molecule has 92 valence electrons. The number of rotatable bonds is 3. The van der Waals surface area contributed by atoms with Crippen molar-refractivity contribution in [1.29, 1.82) is 0 Å². The summed E-state index contributed by atoms with van der Waals surface area (Å²) in [6.07, 6.45) is 1.87. The lowest BCUT2D eigenvalue weighted by molar-refractivity contribution is -0.147. The number of aliphatic carboxylic acids is 1. The number of carboxylic acids is 1. The van der Waals surface area contributed by atoms with E-state index in [1.807, 2.05) is 30.5 Å². The first-order valence-electron chi connectivity index (χ1n) is 6.01. The molecular formula is C14H14N2O2. The van der Waals surface area contributed by atoms with Crippen LogP contribution in [0, 0.1) is 5.92 Å². The van der Waals surface area contributed by atoms with E-state index in [0.717, 1.165) is 23.0 Å². The van der Waals surface area contributed by atoms with Crippen molar-refractivity contribution < 1.29 is 9.90 Å². The maximum atomic E-state index is 10.7. The normalized spacial score (nSPS) is 16.7. The van der Waals surface area contributed by atoms with E-state index in [1.54, 1.807) is 0 Å². The van der Waals surface area contributed by atoms with Crippen molar-refractivity contribution in [1.82, 2.24) is 9.88 Å². The molecule has 1 aliphatic heterocycles. The molecule has 0 amide bonds. The van der Waals surface area contributed by atoms with Gasteiger partial charge in [-0.1, -0.05) is 18.2 Å². The Balaban J connectivity index is 1.70. The summed E-state index contributed by atoms with van der Waals surface area (Å²) < 4.78 is 0. The summed E-state index contributed by atoms with van der Waals surface area (Å²) in [5.74, 6) is -0.888. The fourth-order valence-electron chi connectivity index (χ4n) is 2.32. The molecule has 4 heteroatoms. The zero-order chi connectivity index (χ0) is 12.5. The second-order valence-electron chi connectivity index (χ2n) is 4.77. The summed E-state index contributed by atoms with van der Waals surface area (Å²) >= 11 is 0. The highest BCUT2D eigenvalue weighted by atomic mass is 16.4. The fourth-order valence-corrected chi connectivity index (χ4v) is 2.32. The number of hydrogen-bond donors (Lipinski definition) is 1. The van der Waals surface area contributed by atoms with Crippen LogP contribution in [0.2, 0.25) is 0 Å². The molecule has 1 aliphatic rings. The van der Waals surface area contributed by atoms with Crippen LogP contribution < -0.4 is 0 Å². The molecule has 2 heterocycles. The molecule has 4 nitrogen and oxygen atoms in total. The summed E-state index contributed by atoms with van der Waals surface area (Å²) in [5, 5.41) is 9.95. The largest absolute Gasteiger partial charge is 0.481 e. The van der Waals surface area contributed by atoms with Gasteiger partial charge in [-0.25, -0.2) is 0 Å². The third kappa shape index (κ3) is 2.07. The van der Waals surface area contributed by atoms with Gasteiger partial charge in [-0.15, -0.1) is 0 Å². The average Bonchev–Trinajstić information content (AvgIpc) is 2.32. The topological polar surface area (TPSA) is 53.4 Å². The first kappa shape index (κ1) is 11.2. The molecule has 0 atom stereocenters. The highest BCUT2D eigenvalue weighted by molar-refractivity contribution is 5.78. The summed E-state index contributed by atoms with van der Waals surface area (Å²) in [4.78, 5) is 17.2. The van der Waals surface area contributed by atoms with Crippen molar-refractivity contribution >= 4 is 16.9 Å². The van der Waals surface area contributed by atoms with E-state index in [-0.39, 0.29) is 5.92 Å². The maximum Gasteiger partial charge on any atom is 0.309 e. The molecule has 2 aromatic rings. The Hall–Kier alpha value is -1.94. The molecule has 0 bridgehead atoms. The molecule has 0 unspecified atom stereocenters. The van der Waals surface area contributed by atoms with Crippen LogP contribution in [0.4, 0.5) is 0 Å². The van der Waals surface area contributed by atoms with E-state index in [1.165, 1.54) is 0 Å². The average molecular weight is 242 g/mol. The first-order chi connectivity index (χ1) is 8.72. The molecule has 1 N–H and O–H groups in total. The number of nitrogens with zero attached hydrogens (tertiary/aromatic N) is 2. The molecule has 0 radical (unpaired) electrons. The smallest absolute Gasteiger partial charge is 0.309 e. The van der Waals surface area contributed by atoms with E-state index in [4.69, 9.17) is 5.11 Å². The van der Waals surface area contributed by atoms with Crippen LogP contribution in [-0.2, 0) is 11.3 Å². The number of carboxylic acid groups (broad SMARTS) is 1. The van der Waals surface area contributed by atoms with E-state index in [9.17, 15) is 4.79 Å². The Labute approximate surface area is 105 Å². The second-order valence-corrected chi connectivity index (χ2v) is 4.77. The predicted molar refractivity (Wildman–Crippen MR) is 68.1 cm³/mol. The van der Waals surface area contributed by atoms with Crippen molar-refractivity contribution in [2.24, 2.45) is 5.92 Å². The number of benzene rings is 1. The van der Waals surface area contributed by atoms with Gasteiger partial charge in [-0.3, -0.25) is 14.7 Å². The van der Waals surface area contributed by atoms with E-state index in [2.05, 4.69) is 16.0 Å². The van der Waals surface area contributed by atoms with Crippen LogP contribution in [-0.4, -0.2) is 34.0 Å². The van der Waals surface area contributed by atoms with Gasteiger partial charge in [-0.05, 0) is 17.7 Å². The van der Waals surface area contributed by atoms with Crippen LogP contribution in [0.15, 0.2) is 36.5 Å². The molecule has 1 fully saturated rings. The van der Waals surface area contributed by atoms with Gasteiger partial charge < -0.3 is 5.11 Å². The fraction of sp³-hybridized carbons (Fsp3) is 0.286. The third-order valence-corrected chi connectivity index (χ3v) is 3.36. The number of fused-ring (bicyclic) bond motifs is 1. The Kier molecular flexibility index (Phi) is 2.72. The van der Waals surface area contributed by atoms with Gasteiger partial charge >= 0.3 is 5.97 Å². The predicted octanol–water partition coefficient (Wildman–Crippen LogP) is 1.75. The molecule has 1 aromatic carbocycles. The summed E-state index contributed by atoms with van der Waals surface area (Å²) in [6.45, 7) is 2.06. The molecule has 3 rings (SSSR count). The lowest BCUT2D eigenvalue weighted by Crippen LogP contribution is -2.49. The molecule has 0 aliphatic carbocycles. The maximum absolute atomic E-state index is 10.7. The number of para-hydroxylation sites is 1. The second kappa shape index (κ2) is 4.38. The molecule has 1 aromatic heterocycles.